The van der Waals surface area contributed by atoms with Crippen molar-refractivity contribution in [3.05, 3.63) is 21.9 Å². The summed E-state index contributed by atoms with van der Waals surface area (Å²) in [6, 6.07) is 4.10. The van der Waals surface area contributed by atoms with Crippen molar-refractivity contribution < 1.29 is 14.6 Å². The van der Waals surface area contributed by atoms with Gasteiger partial charge in [0.25, 0.3) is 5.91 Å². The molecule has 1 amide bonds. The van der Waals surface area contributed by atoms with Gasteiger partial charge in [-0.1, -0.05) is 6.92 Å². The van der Waals surface area contributed by atoms with Crippen LogP contribution in [0.5, 0.6) is 0 Å². The number of hydrogen-bond donors (Lipinski definition) is 2. The monoisotopic (exact) mass is 269 g/mol. The zero-order valence-electron chi connectivity index (χ0n) is 10.6. The van der Waals surface area contributed by atoms with E-state index in [1.807, 2.05) is 6.07 Å². The summed E-state index contributed by atoms with van der Waals surface area (Å²) in [5, 5.41) is 13.0. The van der Waals surface area contributed by atoms with Crippen LogP contribution in [0.3, 0.4) is 0 Å². The highest BCUT2D eigenvalue weighted by Gasteiger charge is 2.37. The Morgan fingerprint density at radius 3 is 2.72 bits per heavy atom. The second-order valence-corrected chi connectivity index (χ2v) is 5.80. The highest BCUT2D eigenvalue weighted by molar-refractivity contribution is 7.11. The summed E-state index contributed by atoms with van der Waals surface area (Å²) in [5.41, 5.74) is -1.25. The van der Waals surface area contributed by atoms with E-state index >= 15 is 0 Å². The van der Waals surface area contributed by atoms with E-state index in [0.717, 1.165) is 11.3 Å². The first-order valence-corrected chi connectivity index (χ1v) is 7.12. The number of aliphatic hydroxyl groups is 1. The van der Waals surface area contributed by atoms with Crippen molar-refractivity contribution in [3.63, 3.8) is 0 Å². The molecule has 1 aromatic rings. The van der Waals surface area contributed by atoms with Gasteiger partial charge >= 0.3 is 0 Å². The molecule has 1 saturated heterocycles. The lowest BCUT2D eigenvalue weighted by atomic mass is 9.93. The van der Waals surface area contributed by atoms with Crippen LogP contribution in [0, 0.1) is 0 Å². The van der Waals surface area contributed by atoms with E-state index in [1.165, 1.54) is 4.88 Å². The van der Waals surface area contributed by atoms with Crippen LogP contribution in [0.15, 0.2) is 12.1 Å². The van der Waals surface area contributed by atoms with Crippen LogP contribution in [0.1, 0.15) is 29.5 Å². The molecular weight excluding hydrogens is 250 g/mol. The first-order chi connectivity index (χ1) is 8.64. The lowest BCUT2D eigenvalue weighted by Crippen LogP contribution is -2.49. The third-order valence-corrected chi connectivity index (χ3v) is 4.46. The molecule has 2 heterocycles. The summed E-state index contributed by atoms with van der Waals surface area (Å²) in [4.78, 5) is 14.4. The number of nitrogens with one attached hydrogen (secondary N) is 1. The van der Waals surface area contributed by atoms with Gasteiger partial charge in [0, 0.05) is 35.8 Å². The molecule has 4 nitrogen and oxygen atoms in total. The standard InChI is InChI=1S/C13H19NO3S/c1-2-10-3-4-11(18-10)9-14-12(15)13(16)5-7-17-8-6-13/h3-4,16H,2,5-9H2,1H3,(H,14,15). The molecule has 1 aliphatic heterocycles. The maximum absolute atomic E-state index is 12.0. The topological polar surface area (TPSA) is 58.6 Å². The third kappa shape index (κ3) is 3.10. The van der Waals surface area contributed by atoms with Crippen LogP contribution in [-0.2, 0) is 22.5 Å². The van der Waals surface area contributed by atoms with E-state index in [4.69, 9.17) is 4.74 Å². The Labute approximate surface area is 111 Å². The van der Waals surface area contributed by atoms with Gasteiger partial charge in [-0.25, -0.2) is 0 Å². The summed E-state index contributed by atoms with van der Waals surface area (Å²) >= 11 is 1.70. The second kappa shape index (κ2) is 5.82. The first kappa shape index (κ1) is 13.5. The van der Waals surface area contributed by atoms with Gasteiger partial charge in [-0.2, -0.15) is 0 Å². The van der Waals surface area contributed by atoms with Crippen molar-refractivity contribution in [2.24, 2.45) is 0 Å². The molecule has 0 spiro atoms. The van der Waals surface area contributed by atoms with Crippen molar-refractivity contribution in [1.82, 2.24) is 5.32 Å². The van der Waals surface area contributed by atoms with Gasteiger partial charge < -0.3 is 15.2 Å². The molecule has 1 aliphatic rings. The fourth-order valence-electron chi connectivity index (χ4n) is 1.98. The highest BCUT2D eigenvalue weighted by Crippen LogP contribution is 2.21. The van der Waals surface area contributed by atoms with E-state index in [2.05, 4.69) is 18.3 Å². The molecule has 2 N–H and O–H groups in total. The quantitative estimate of drug-likeness (QED) is 0.870. The van der Waals surface area contributed by atoms with Crippen molar-refractivity contribution in [1.29, 1.82) is 0 Å². The lowest BCUT2D eigenvalue weighted by molar-refractivity contribution is -0.149. The largest absolute Gasteiger partial charge is 0.381 e. The molecule has 0 aromatic carbocycles. The molecule has 0 unspecified atom stereocenters. The maximum atomic E-state index is 12.0. The van der Waals surface area contributed by atoms with Crippen LogP contribution >= 0.6 is 11.3 Å². The van der Waals surface area contributed by atoms with Gasteiger partial charge in [0.1, 0.15) is 5.60 Å². The number of carbonyl (C=O) groups is 1. The molecule has 100 valence electrons. The minimum Gasteiger partial charge on any atom is -0.381 e. The first-order valence-electron chi connectivity index (χ1n) is 6.30. The SMILES string of the molecule is CCc1ccc(CNC(=O)C2(O)CCOCC2)s1. The van der Waals surface area contributed by atoms with Crippen molar-refractivity contribution in [2.75, 3.05) is 13.2 Å². The van der Waals surface area contributed by atoms with Crippen LogP contribution in [0.4, 0.5) is 0 Å². The minimum absolute atomic E-state index is 0.280. The number of ether oxygens (including phenoxy) is 1. The predicted octanol–water partition coefficient (Wildman–Crippen LogP) is 1.47. The van der Waals surface area contributed by atoms with E-state index in [-0.39, 0.29) is 5.91 Å². The zero-order valence-corrected chi connectivity index (χ0v) is 11.4. The van der Waals surface area contributed by atoms with Gasteiger partial charge in [0.15, 0.2) is 0 Å². The molecule has 1 aromatic heterocycles. The zero-order chi connectivity index (χ0) is 13.0. The van der Waals surface area contributed by atoms with Crippen molar-refractivity contribution >= 4 is 17.2 Å². The van der Waals surface area contributed by atoms with E-state index < -0.39 is 5.60 Å². The van der Waals surface area contributed by atoms with Crippen LogP contribution < -0.4 is 5.32 Å². The van der Waals surface area contributed by atoms with Gasteiger partial charge in [-0.3, -0.25) is 4.79 Å². The Morgan fingerprint density at radius 1 is 1.44 bits per heavy atom. The number of amides is 1. The number of thiophene rings is 1. The average Bonchev–Trinajstić information content (AvgIpc) is 2.84. The normalized spacial score (nSPS) is 18.6. The summed E-state index contributed by atoms with van der Waals surface area (Å²) in [7, 11) is 0. The average molecular weight is 269 g/mol. The Kier molecular flexibility index (Phi) is 4.37. The summed E-state index contributed by atoms with van der Waals surface area (Å²) < 4.78 is 5.16. The Bertz CT molecular complexity index is 410. The Hall–Kier alpha value is -0.910. The Balaban J connectivity index is 1.87. The summed E-state index contributed by atoms with van der Waals surface area (Å²) in [6.07, 6.45) is 1.77. The van der Waals surface area contributed by atoms with Gasteiger partial charge in [0.2, 0.25) is 0 Å². The predicted molar refractivity (Wildman–Crippen MR) is 70.5 cm³/mol. The number of hydrogen-bond acceptors (Lipinski definition) is 4. The molecule has 0 saturated carbocycles. The lowest BCUT2D eigenvalue weighted by Gasteiger charge is -2.30. The van der Waals surface area contributed by atoms with Gasteiger partial charge in [-0.05, 0) is 18.6 Å². The molecule has 0 aliphatic carbocycles. The Morgan fingerprint density at radius 2 is 2.11 bits per heavy atom. The van der Waals surface area contributed by atoms with E-state index in [9.17, 15) is 9.90 Å². The van der Waals surface area contributed by atoms with Crippen molar-refractivity contribution in [3.8, 4) is 0 Å². The molecule has 0 radical (unpaired) electrons. The molecule has 1 fully saturated rings. The number of rotatable bonds is 4. The van der Waals surface area contributed by atoms with Crippen LogP contribution in [0.25, 0.3) is 0 Å². The summed E-state index contributed by atoms with van der Waals surface area (Å²) in [6.45, 7) is 3.50. The van der Waals surface area contributed by atoms with Crippen molar-refractivity contribution in [2.45, 2.75) is 38.3 Å². The van der Waals surface area contributed by atoms with Gasteiger partial charge in [0.05, 0.1) is 6.54 Å². The fourth-order valence-corrected chi connectivity index (χ4v) is 2.87. The van der Waals surface area contributed by atoms with E-state index in [0.29, 0.717) is 32.6 Å². The highest BCUT2D eigenvalue weighted by atomic mass is 32.1. The molecule has 0 atom stereocenters. The summed E-state index contributed by atoms with van der Waals surface area (Å²) in [5.74, 6) is -0.280. The fraction of sp³-hybridized carbons (Fsp3) is 0.615. The molecule has 0 bridgehead atoms. The molecule has 2 rings (SSSR count). The number of carbonyl (C=O) groups excluding carboxylic acids is 1. The second-order valence-electron chi connectivity index (χ2n) is 4.55. The smallest absolute Gasteiger partial charge is 0.252 e. The van der Waals surface area contributed by atoms with Gasteiger partial charge in [-0.15, -0.1) is 11.3 Å². The van der Waals surface area contributed by atoms with Crippen LogP contribution in [-0.4, -0.2) is 29.8 Å². The van der Waals surface area contributed by atoms with Crippen LogP contribution in [0.2, 0.25) is 0 Å². The molecule has 5 heteroatoms. The molecule has 18 heavy (non-hydrogen) atoms. The maximum Gasteiger partial charge on any atom is 0.252 e. The molecular formula is C13H19NO3S. The third-order valence-electron chi connectivity index (χ3n) is 3.23. The van der Waals surface area contributed by atoms with E-state index in [1.54, 1.807) is 11.3 Å². The minimum atomic E-state index is -1.25. The number of aryl methyl sites for hydroxylation is 1.